The molecule has 4 N–H and O–H groups in total. The molecule has 0 fully saturated rings. The minimum absolute atomic E-state index is 0.127. The Morgan fingerprint density at radius 1 is 0.841 bits per heavy atom. The monoisotopic (exact) mass is 609 g/mol. The van der Waals surface area contributed by atoms with E-state index in [9.17, 15) is 33.4 Å². The fraction of sp³-hybridized carbons (Fsp3) is 0.382. The summed E-state index contributed by atoms with van der Waals surface area (Å²) < 4.78 is 27.9. The Labute approximate surface area is 257 Å². The van der Waals surface area contributed by atoms with E-state index in [4.69, 9.17) is 0 Å². The quantitative estimate of drug-likeness (QED) is 0.205. The van der Waals surface area contributed by atoms with Crippen LogP contribution >= 0.6 is 0 Å². The average molecular weight is 610 g/mol. The van der Waals surface area contributed by atoms with Crippen molar-refractivity contribution in [1.82, 2.24) is 15.5 Å². The molecule has 0 aliphatic heterocycles. The van der Waals surface area contributed by atoms with Gasteiger partial charge in [-0.15, -0.1) is 0 Å². The topological polar surface area (TPSA) is 119 Å². The zero-order valence-corrected chi connectivity index (χ0v) is 25.4. The third kappa shape index (κ3) is 10.2. The van der Waals surface area contributed by atoms with Gasteiger partial charge in [-0.2, -0.15) is 0 Å². The summed E-state index contributed by atoms with van der Waals surface area (Å²) in [5.74, 6) is -3.10. The molecule has 0 aromatic heterocycles. The second kappa shape index (κ2) is 16.6. The van der Waals surface area contributed by atoms with Crippen molar-refractivity contribution in [2.45, 2.75) is 71.2 Å². The first-order chi connectivity index (χ1) is 21.0. The van der Waals surface area contributed by atoms with Gasteiger partial charge < -0.3 is 25.7 Å². The van der Waals surface area contributed by atoms with E-state index in [0.29, 0.717) is 30.3 Å². The van der Waals surface area contributed by atoms with Gasteiger partial charge >= 0.3 is 0 Å². The van der Waals surface area contributed by atoms with E-state index in [1.165, 1.54) is 6.07 Å². The van der Waals surface area contributed by atoms with Crippen molar-refractivity contribution in [3.05, 3.63) is 106 Å². The molecule has 0 aliphatic carbocycles. The maximum absolute atomic E-state index is 14.0. The molecule has 0 radical (unpaired) electrons. The molecule has 0 unspecified atom stereocenters. The summed E-state index contributed by atoms with van der Waals surface area (Å²) in [6.07, 6.45) is -2.46. The highest BCUT2D eigenvalue weighted by molar-refractivity contribution is 6.00. The molecular weight excluding hydrogens is 568 g/mol. The summed E-state index contributed by atoms with van der Waals surface area (Å²) in [5.41, 5.74) is 2.10. The summed E-state index contributed by atoms with van der Waals surface area (Å²) >= 11 is 0. The smallest absolute Gasteiger partial charge is 0.253 e. The Kier molecular flexibility index (Phi) is 13.0. The van der Waals surface area contributed by atoms with E-state index in [0.717, 1.165) is 30.5 Å². The minimum Gasteiger partial charge on any atom is -0.390 e. The van der Waals surface area contributed by atoms with E-state index >= 15 is 0 Å². The van der Waals surface area contributed by atoms with Gasteiger partial charge in [-0.1, -0.05) is 44.2 Å². The van der Waals surface area contributed by atoms with E-state index in [1.807, 2.05) is 44.2 Å². The van der Waals surface area contributed by atoms with Crippen LogP contribution in [-0.2, 0) is 17.8 Å². The Morgan fingerprint density at radius 2 is 1.45 bits per heavy atom. The summed E-state index contributed by atoms with van der Waals surface area (Å²) in [6, 6.07) is 15.4. The van der Waals surface area contributed by atoms with Crippen LogP contribution in [0.2, 0.25) is 0 Å². The molecule has 3 atom stereocenters. The van der Waals surface area contributed by atoms with Crippen molar-refractivity contribution in [3.63, 3.8) is 0 Å². The number of hydrogen-bond donors (Lipinski definition) is 4. The van der Waals surface area contributed by atoms with Gasteiger partial charge in [0, 0.05) is 36.8 Å². The lowest BCUT2D eigenvalue weighted by atomic mass is 9.95. The van der Waals surface area contributed by atoms with Crippen molar-refractivity contribution in [2.75, 3.05) is 13.1 Å². The van der Waals surface area contributed by atoms with Crippen LogP contribution in [0, 0.1) is 18.6 Å². The normalized spacial score (nSPS) is 13.1. The highest BCUT2D eigenvalue weighted by atomic mass is 19.1. The highest BCUT2D eigenvalue weighted by Gasteiger charge is 2.30. The number of aryl methyl sites for hydroxylation is 1. The van der Waals surface area contributed by atoms with Gasteiger partial charge in [-0.25, -0.2) is 8.78 Å². The molecule has 8 nitrogen and oxygen atoms in total. The number of benzene rings is 3. The van der Waals surface area contributed by atoms with Gasteiger partial charge in [-0.05, 0) is 73.2 Å². The fourth-order valence-corrected chi connectivity index (χ4v) is 5.01. The molecule has 3 aromatic carbocycles. The van der Waals surface area contributed by atoms with Crippen LogP contribution in [0.1, 0.15) is 70.5 Å². The number of carbonyl (C=O) groups excluding carboxylic acids is 3. The number of carbonyl (C=O) groups is 3. The standard InChI is InChI=1S/C34H41F2N3O5/c1-4-11-39(12-5-2)34(44)26-14-22(3)13-25(18-26)33(43)38-29(17-24-15-27(35)19-28(36)16-24)32(42)30(40)20-31(41)37-21-23-9-7-6-8-10-23/h6-10,13-16,18-19,29-30,32,40,42H,4-5,11-12,17,20-21H2,1-3H3,(H,37,41)(H,38,43)/t29-,30+,32+/m0/s1. The molecule has 3 rings (SSSR count). The second-order valence-electron chi connectivity index (χ2n) is 11.0. The number of aliphatic hydroxyl groups excluding tert-OH is 2. The molecule has 0 bridgehead atoms. The molecule has 0 heterocycles. The van der Waals surface area contributed by atoms with Crippen molar-refractivity contribution in [1.29, 1.82) is 0 Å². The van der Waals surface area contributed by atoms with E-state index in [1.54, 1.807) is 24.0 Å². The maximum Gasteiger partial charge on any atom is 0.253 e. The zero-order valence-electron chi connectivity index (χ0n) is 25.4. The molecular formula is C34H41F2N3O5. The predicted octanol–water partition coefficient (Wildman–Crippen LogP) is 4.30. The summed E-state index contributed by atoms with van der Waals surface area (Å²) in [7, 11) is 0. The SMILES string of the molecule is CCCN(CCC)C(=O)c1cc(C)cc(C(=O)N[C@@H](Cc2cc(F)cc(F)c2)[C@@H](O)[C@H](O)CC(=O)NCc2ccccc2)c1. The number of hydrogen-bond acceptors (Lipinski definition) is 5. The molecule has 236 valence electrons. The molecule has 0 spiro atoms. The summed E-state index contributed by atoms with van der Waals surface area (Å²) in [4.78, 5) is 41.0. The highest BCUT2D eigenvalue weighted by Crippen LogP contribution is 2.17. The van der Waals surface area contributed by atoms with Crippen molar-refractivity contribution < 1.29 is 33.4 Å². The van der Waals surface area contributed by atoms with Gasteiger partial charge in [0.15, 0.2) is 0 Å². The van der Waals surface area contributed by atoms with Crippen molar-refractivity contribution in [3.8, 4) is 0 Å². The average Bonchev–Trinajstić information content (AvgIpc) is 2.98. The number of nitrogens with zero attached hydrogens (tertiary/aromatic N) is 1. The Bertz CT molecular complexity index is 1390. The molecule has 0 aliphatic rings. The number of aliphatic hydroxyl groups is 2. The predicted molar refractivity (Wildman–Crippen MR) is 164 cm³/mol. The Balaban J connectivity index is 1.81. The van der Waals surface area contributed by atoms with E-state index in [-0.39, 0.29) is 30.0 Å². The van der Waals surface area contributed by atoms with Crippen LogP contribution in [0.25, 0.3) is 0 Å². The number of nitrogens with one attached hydrogen (secondary N) is 2. The second-order valence-corrected chi connectivity index (χ2v) is 11.0. The molecule has 3 aromatic rings. The summed E-state index contributed by atoms with van der Waals surface area (Å²) in [5, 5.41) is 27.2. The maximum atomic E-state index is 14.0. The largest absolute Gasteiger partial charge is 0.390 e. The molecule has 3 amide bonds. The Hall–Kier alpha value is -4.15. The lowest BCUT2D eigenvalue weighted by Gasteiger charge is -2.28. The molecule has 0 saturated carbocycles. The molecule has 0 saturated heterocycles. The van der Waals surface area contributed by atoms with Crippen LogP contribution in [0.5, 0.6) is 0 Å². The first-order valence-corrected chi connectivity index (χ1v) is 14.8. The lowest BCUT2D eigenvalue weighted by molar-refractivity contribution is -0.125. The third-order valence-electron chi connectivity index (χ3n) is 7.09. The van der Waals surface area contributed by atoms with Crippen molar-refractivity contribution in [2.24, 2.45) is 0 Å². The van der Waals surface area contributed by atoms with Crippen LogP contribution in [0.15, 0.2) is 66.7 Å². The van der Waals surface area contributed by atoms with Crippen LogP contribution in [-0.4, -0.2) is 64.2 Å². The zero-order chi connectivity index (χ0) is 32.2. The first kappa shape index (κ1) is 34.3. The van der Waals surface area contributed by atoms with Crippen molar-refractivity contribution >= 4 is 17.7 Å². The Morgan fingerprint density at radius 3 is 2.07 bits per heavy atom. The molecule has 44 heavy (non-hydrogen) atoms. The van der Waals surface area contributed by atoms with Gasteiger partial charge in [0.25, 0.3) is 11.8 Å². The number of halogens is 2. The first-order valence-electron chi connectivity index (χ1n) is 14.8. The number of amides is 3. The lowest BCUT2D eigenvalue weighted by Crippen LogP contribution is -2.50. The minimum atomic E-state index is -1.68. The third-order valence-corrected chi connectivity index (χ3v) is 7.09. The summed E-state index contributed by atoms with van der Waals surface area (Å²) in [6.45, 7) is 7.05. The van der Waals surface area contributed by atoms with Gasteiger partial charge in [0.05, 0.1) is 18.6 Å². The van der Waals surface area contributed by atoms with Crippen LogP contribution in [0.4, 0.5) is 8.78 Å². The van der Waals surface area contributed by atoms with Crippen LogP contribution < -0.4 is 10.6 Å². The van der Waals surface area contributed by atoms with E-state index in [2.05, 4.69) is 10.6 Å². The number of rotatable bonds is 15. The molecule has 10 heteroatoms. The van der Waals surface area contributed by atoms with Gasteiger partial charge in [0.1, 0.15) is 17.7 Å². The van der Waals surface area contributed by atoms with E-state index < -0.39 is 48.1 Å². The van der Waals surface area contributed by atoms with Gasteiger partial charge in [-0.3, -0.25) is 14.4 Å². The fourth-order valence-electron chi connectivity index (χ4n) is 5.01. The van der Waals surface area contributed by atoms with Crippen LogP contribution in [0.3, 0.4) is 0 Å². The van der Waals surface area contributed by atoms with Gasteiger partial charge in [0.2, 0.25) is 5.91 Å².